The van der Waals surface area contributed by atoms with Gasteiger partial charge in [-0.2, -0.15) is 5.26 Å². The number of rotatable bonds is 9. The number of nitrogens with zero attached hydrogens (tertiary/aromatic N) is 2. The summed E-state index contributed by atoms with van der Waals surface area (Å²) in [6, 6.07) is 21.7. The van der Waals surface area contributed by atoms with E-state index < -0.39 is 6.17 Å². The van der Waals surface area contributed by atoms with Gasteiger partial charge in [0.05, 0.1) is 6.07 Å². The molecule has 0 aliphatic heterocycles. The molecule has 3 rings (SSSR count). The lowest BCUT2D eigenvalue weighted by Gasteiger charge is -2.30. The third kappa shape index (κ3) is 7.63. The number of halogens is 1. The second-order valence-electron chi connectivity index (χ2n) is 8.13. The van der Waals surface area contributed by atoms with E-state index in [4.69, 9.17) is 5.26 Å². The molecule has 1 aliphatic carbocycles. The van der Waals surface area contributed by atoms with Gasteiger partial charge in [-0.1, -0.05) is 54.6 Å². The van der Waals surface area contributed by atoms with Crippen LogP contribution in [-0.2, 0) is 12.8 Å². The Labute approximate surface area is 176 Å². The van der Waals surface area contributed by atoms with Crippen molar-refractivity contribution in [2.75, 3.05) is 13.1 Å². The van der Waals surface area contributed by atoms with E-state index in [1.807, 2.05) is 0 Å². The van der Waals surface area contributed by atoms with E-state index in [1.54, 1.807) is 6.07 Å². The van der Waals surface area contributed by atoms with Gasteiger partial charge in [-0.15, -0.1) is 0 Å². The summed E-state index contributed by atoms with van der Waals surface area (Å²) in [5.41, 5.74) is 3.96. The quantitative estimate of drug-likeness (QED) is 0.498. The largest absolute Gasteiger partial charge is 0.301 e. The minimum Gasteiger partial charge on any atom is -0.301 e. The van der Waals surface area contributed by atoms with Crippen LogP contribution in [0.1, 0.15) is 62.6 Å². The Morgan fingerprint density at radius 2 is 1.59 bits per heavy atom. The first-order valence-electron chi connectivity index (χ1n) is 10.9. The first kappa shape index (κ1) is 23.1. The van der Waals surface area contributed by atoms with Crippen LogP contribution in [0.25, 0.3) is 0 Å². The molecule has 2 nitrogen and oxygen atoms in total. The van der Waals surface area contributed by atoms with Crippen molar-refractivity contribution in [3.05, 3.63) is 71.3 Å². The van der Waals surface area contributed by atoms with Crippen molar-refractivity contribution in [2.45, 2.75) is 71.0 Å². The Bertz CT molecular complexity index is 734. The maximum absolute atomic E-state index is 13.5. The van der Waals surface area contributed by atoms with E-state index in [0.717, 1.165) is 38.8 Å². The van der Waals surface area contributed by atoms with Crippen LogP contribution in [0.2, 0.25) is 0 Å². The Balaban J connectivity index is 0.000000941. The highest BCUT2D eigenvalue weighted by atomic mass is 19.1. The molecule has 0 N–H and O–H groups in total. The van der Waals surface area contributed by atoms with Crippen molar-refractivity contribution < 1.29 is 4.39 Å². The van der Waals surface area contributed by atoms with Gasteiger partial charge < -0.3 is 4.90 Å². The van der Waals surface area contributed by atoms with Gasteiger partial charge in [-0.3, -0.25) is 0 Å². The second kappa shape index (κ2) is 12.4. The molecule has 156 valence electrons. The standard InChI is InChI=1S/C24H32FN.C2H3N/c1-19(2)26(18-16-20-7-4-3-5-8-20)17-6-9-21-10-12-22(13-11-21)23-14-15-24(23)25;1-2-3/h3-5,7-8,10-13,19,23-24H,6,9,14-18H2,1-2H3;1H3. The lowest BCUT2D eigenvalue weighted by molar-refractivity contribution is 0.170. The fourth-order valence-electron chi connectivity index (χ4n) is 3.80. The van der Waals surface area contributed by atoms with Crippen LogP contribution < -0.4 is 0 Å². The second-order valence-corrected chi connectivity index (χ2v) is 8.13. The minimum atomic E-state index is -0.620. The van der Waals surface area contributed by atoms with E-state index >= 15 is 0 Å². The molecule has 0 saturated heterocycles. The van der Waals surface area contributed by atoms with Gasteiger partial charge in [-0.25, -0.2) is 4.39 Å². The van der Waals surface area contributed by atoms with E-state index in [1.165, 1.54) is 30.0 Å². The van der Waals surface area contributed by atoms with Gasteiger partial charge in [0.1, 0.15) is 6.17 Å². The summed E-state index contributed by atoms with van der Waals surface area (Å²) in [7, 11) is 0. The maximum atomic E-state index is 13.5. The van der Waals surface area contributed by atoms with E-state index in [2.05, 4.69) is 73.3 Å². The molecule has 2 aromatic rings. The number of hydrogen-bond acceptors (Lipinski definition) is 2. The molecule has 1 fully saturated rings. The van der Waals surface area contributed by atoms with Crippen molar-refractivity contribution in [2.24, 2.45) is 0 Å². The van der Waals surface area contributed by atoms with Crippen molar-refractivity contribution in [3.8, 4) is 6.07 Å². The molecule has 0 spiro atoms. The molecular formula is C26H35FN2. The monoisotopic (exact) mass is 394 g/mol. The minimum absolute atomic E-state index is 0.151. The molecule has 1 saturated carbocycles. The van der Waals surface area contributed by atoms with E-state index in [9.17, 15) is 4.39 Å². The summed E-state index contributed by atoms with van der Waals surface area (Å²) in [6.07, 6.45) is 4.50. The predicted octanol–water partition coefficient (Wildman–Crippen LogP) is 6.32. The number of benzene rings is 2. The van der Waals surface area contributed by atoms with Crippen LogP contribution in [0.5, 0.6) is 0 Å². The molecule has 0 aromatic heterocycles. The molecule has 29 heavy (non-hydrogen) atoms. The first-order valence-corrected chi connectivity index (χ1v) is 10.9. The zero-order valence-electron chi connectivity index (χ0n) is 18.2. The Morgan fingerprint density at radius 3 is 2.10 bits per heavy atom. The molecular weight excluding hydrogens is 359 g/mol. The lowest BCUT2D eigenvalue weighted by atomic mass is 9.78. The summed E-state index contributed by atoms with van der Waals surface area (Å²) in [6.45, 7) is 8.24. The van der Waals surface area contributed by atoms with Crippen LogP contribution >= 0.6 is 0 Å². The average Bonchev–Trinajstić information content (AvgIpc) is 2.71. The summed E-state index contributed by atoms with van der Waals surface area (Å²) in [5.74, 6) is 0.151. The fraction of sp³-hybridized carbons (Fsp3) is 0.500. The van der Waals surface area contributed by atoms with Crippen LogP contribution in [-0.4, -0.2) is 30.2 Å². The highest BCUT2D eigenvalue weighted by Gasteiger charge is 2.31. The van der Waals surface area contributed by atoms with Gasteiger partial charge in [0.2, 0.25) is 0 Å². The van der Waals surface area contributed by atoms with E-state index in [0.29, 0.717) is 6.04 Å². The normalized spacial score (nSPS) is 18.0. The summed E-state index contributed by atoms with van der Waals surface area (Å²) >= 11 is 0. The highest BCUT2D eigenvalue weighted by Crippen LogP contribution is 2.39. The smallest absolute Gasteiger partial charge is 0.107 e. The van der Waals surface area contributed by atoms with Crippen molar-refractivity contribution in [1.29, 1.82) is 5.26 Å². The molecule has 1 aliphatic rings. The molecule has 2 aromatic carbocycles. The van der Waals surface area contributed by atoms with Crippen LogP contribution in [0.4, 0.5) is 4.39 Å². The zero-order valence-corrected chi connectivity index (χ0v) is 18.2. The van der Waals surface area contributed by atoms with Crippen molar-refractivity contribution in [1.82, 2.24) is 4.90 Å². The Hall–Kier alpha value is -2.18. The fourth-order valence-corrected chi connectivity index (χ4v) is 3.80. The predicted molar refractivity (Wildman–Crippen MR) is 120 cm³/mol. The molecule has 2 atom stereocenters. The number of alkyl halides is 1. The molecule has 2 unspecified atom stereocenters. The SMILES string of the molecule is CC#N.CC(C)N(CCCc1ccc(C2CCC2F)cc1)CCc1ccccc1. The van der Waals surface area contributed by atoms with Gasteiger partial charge in [0.15, 0.2) is 0 Å². The summed E-state index contributed by atoms with van der Waals surface area (Å²) < 4.78 is 13.5. The zero-order chi connectivity index (χ0) is 21.1. The lowest BCUT2D eigenvalue weighted by Crippen LogP contribution is -2.34. The van der Waals surface area contributed by atoms with Crippen LogP contribution in [0.15, 0.2) is 54.6 Å². The Kier molecular flexibility index (Phi) is 9.88. The highest BCUT2D eigenvalue weighted by molar-refractivity contribution is 5.28. The molecule has 0 amide bonds. The molecule has 3 heteroatoms. The summed E-state index contributed by atoms with van der Waals surface area (Å²) in [5, 5.41) is 7.32. The Morgan fingerprint density at radius 1 is 0.966 bits per heavy atom. The van der Waals surface area contributed by atoms with Crippen LogP contribution in [0, 0.1) is 11.3 Å². The van der Waals surface area contributed by atoms with Gasteiger partial charge in [-0.05, 0) is 69.2 Å². The van der Waals surface area contributed by atoms with Crippen molar-refractivity contribution in [3.63, 3.8) is 0 Å². The maximum Gasteiger partial charge on any atom is 0.107 e. The molecule has 0 radical (unpaired) electrons. The van der Waals surface area contributed by atoms with Crippen LogP contribution in [0.3, 0.4) is 0 Å². The van der Waals surface area contributed by atoms with E-state index in [-0.39, 0.29) is 5.92 Å². The third-order valence-electron chi connectivity index (χ3n) is 5.77. The topological polar surface area (TPSA) is 27.0 Å². The molecule has 0 heterocycles. The van der Waals surface area contributed by atoms with Crippen molar-refractivity contribution >= 4 is 0 Å². The number of nitriles is 1. The van der Waals surface area contributed by atoms with Gasteiger partial charge in [0, 0.05) is 25.4 Å². The average molecular weight is 395 g/mol. The number of hydrogen-bond donors (Lipinski definition) is 0. The summed E-state index contributed by atoms with van der Waals surface area (Å²) in [4.78, 5) is 2.57. The number of aryl methyl sites for hydroxylation is 1. The van der Waals surface area contributed by atoms with Gasteiger partial charge in [0.25, 0.3) is 0 Å². The molecule has 0 bridgehead atoms. The third-order valence-corrected chi connectivity index (χ3v) is 5.77. The first-order chi connectivity index (χ1) is 14.0. The van der Waals surface area contributed by atoms with Gasteiger partial charge >= 0.3 is 0 Å².